The summed E-state index contributed by atoms with van der Waals surface area (Å²) in [5.74, 6) is 2.16. The minimum absolute atomic E-state index is 0.246. The summed E-state index contributed by atoms with van der Waals surface area (Å²) < 4.78 is 8.77. The van der Waals surface area contributed by atoms with Crippen molar-refractivity contribution in [1.29, 1.82) is 0 Å². The Morgan fingerprint density at radius 2 is 1.46 bits per heavy atom. The molecular weight excluding hydrogens is 615 g/mol. The molecule has 0 amide bonds. The Morgan fingerprint density at radius 3 is 2.34 bits per heavy atom. The number of benzene rings is 6. The van der Waals surface area contributed by atoms with Gasteiger partial charge in [0.2, 0.25) is 5.89 Å². The van der Waals surface area contributed by atoms with Crippen LogP contribution in [0.3, 0.4) is 0 Å². The Balaban J connectivity index is 1.12. The van der Waals surface area contributed by atoms with Crippen LogP contribution in [0.15, 0.2) is 160 Å². The van der Waals surface area contributed by atoms with Gasteiger partial charge in [0, 0.05) is 27.6 Å². The molecule has 8 aromatic rings. The smallest absolute Gasteiger partial charge is 0.229 e. The summed E-state index contributed by atoms with van der Waals surface area (Å²) in [6.45, 7) is 0. The van der Waals surface area contributed by atoms with Crippen molar-refractivity contribution in [3.63, 3.8) is 0 Å². The van der Waals surface area contributed by atoms with Gasteiger partial charge in [0.15, 0.2) is 11.4 Å². The van der Waals surface area contributed by atoms with Gasteiger partial charge in [-0.15, -0.1) is 0 Å². The number of oxazole rings is 1. The van der Waals surface area contributed by atoms with Gasteiger partial charge < -0.3 is 14.3 Å². The molecule has 0 saturated heterocycles. The molecule has 0 saturated carbocycles. The maximum Gasteiger partial charge on any atom is 0.229 e. The Bertz CT molecular complexity index is 2650. The number of para-hydroxylation sites is 4. The van der Waals surface area contributed by atoms with Gasteiger partial charge >= 0.3 is 0 Å². The van der Waals surface area contributed by atoms with E-state index in [2.05, 4.69) is 113 Å². The van der Waals surface area contributed by atoms with E-state index in [-0.39, 0.29) is 6.17 Å². The van der Waals surface area contributed by atoms with Crippen molar-refractivity contribution in [2.45, 2.75) is 19.0 Å². The highest BCUT2D eigenvalue weighted by atomic mass is 16.3. The van der Waals surface area contributed by atoms with Gasteiger partial charge in [0.05, 0.1) is 16.6 Å². The van der Waals surface area contributed by atoms with Gasteiger partial charge in [-0.3, -0.25) is 0 Å². The standard InChI is InChI=1S/C44H31N5O/c1-3-12-29(13-4-1)41-46-42(30-14-5-2-6-15-30)48-43(47-41)31-23-22-28-24-25-33(27-32(28)26-31)49-38-20-9-7-16-34(38)35-17-11-18-36(40(35)49)44-45-37-19-8-10-21-39(37)50-44/h1-23,26-27,41H,24-25H2,(H,46,47,48). The lowest BCUT2D eigenvalue weighted by Crippen LogP contribution is -2.33. The average Bonchev–Trinajstić information content (AvgIpc) is 3.78. The number of nitrogens with one attached hydrogen (secondary N) is 1. The van der Waals surface area contributed by atoms with Crippen molar-refractivity contribution < 1.29 is 4.42 Å². The van der Waals surface area contributed by atoms with Crippen molar-refractivity contribution in [3.8, 4) is 11.5 Å². The zero-order valence-electron chi connectivity index (χ0n) is 27.1. The second-order valence-electron chi connectivity index (χ2n) is 12.8. The molecule has 1 N–H and O–H groups in total. The Labute approximate surface area is 288 Å². The lowest BCUT2D eigenvalue weighted by atomic mass is 9.93. The third-order valence-corrected chi connectivity index (χ3v) is 9.79. The molecule has 1 aliphatic carbocycles. The van der Waals surface area contributed by atoms with E-state index in [9.17, 15) is 0 Å². The van der Waals surface area contributed by atoms with Gasteiger partial charge in [0.25, 0.3) is 0 Å². The monoisotopic (exact) mass is 645 g/mol. The minimum atomic E-state index is -0.246. The lowest BCUT2D eigenvalue weighted by Gasteiger charge is -2.24. The first-order chi connectivity index (χ1) is 24.8. The fourth-order valence-electron chi connectivity index (χ4n) is 7.39. The normalized spacial score (nSPS) is 15.8. The molecule has 6 nitrogen and oxygen atoms in total. The minimum Gasteiger partial charge on any atom is -0.436 e. The maximum atomic E-state index is 6.35. The van der Waals surface area contributed by atoms with Gasteiger partial charge in [0.1, 0.15) is 17.5 Å². The molecule has 1 unspecified atom stereocenters. The van der Waals surface area contributed by atoms with Crippen LogP contribution in [-0.2, 0) is 6.42 Å². The molecule has 6 heteroatoms. The SMILES string of the molecule is C1=C(n2c3ccccc3c3cccc(-c4nc5ccccc5o4)c32)CCc2ccc(C3=NC(c4ccccc4)NC(c4ccccc4)=N3)cc21. The highest BCUT2D eigenvalue weighted by Crippen LogP contribution is 2.41. The molecule has 1 atom stereocenters. The number of nitrogens with zero attached hydrogens (tertiary/aromatic N) is 4. The quantitative estimate of drug-likeness (QED) is 0.203. The first kappa shape index (κ1) is 28.5. The Hall–Kier alpha value is -6.53. The van der Waals surface area contributed by atoms with E-state index >= 15 is 0 Å². The number of aryl methyl sites for hydroxylation is 1. The van der Waals surface area contributed by atoms with E-state index < -0.39 is 0 Å². The third kappa shape index (κ3) is 4.76. The second kappa shape index (κ2) is 11.6. The fraction of sp³-hybridized carbons (Fsp3) is 0.0682. The van der Waals surface area contributed by atoms with Gasteiger partial charge in [-0.05, 0) is 65.9 Å². The molecule has 238 valence electrons. The van der Waals surface area contributed by atoms with Gasteiger partial charge in [-0.2, -0.15) is 0 Å². The van der Waals surface area contributed by atoms with Crippen molar-refractivity contribution in [3.05, 3.63) is 173 Å². The first-order valence-corrected chi connectivity index (χ1v) is 17.0. The molecule has 0 fully saturated rings. The van der Waals surface area contributed by atoms with Crippen LogP contribution in [0.4, 0.5) is 0 Å². The van der Waals surface area contributed by atoms with Crippen molar-refractivity contribution >= 4 is 56.3 Å². The molecule has 0 spiro atoms. The number of aliphatic imine (C=N–C) groups is 2. The zero-order valence-corrected chi connectivity index (χ0v) is 27.1. The van der Waals surface area contributed by atoms with E-state index in [0.717, 1.165) is 63.4 Å². The summed E-state index contributed by atoms with van der Waals surface area (Å²) in [4.78, 5) is 15.1. The van der Waals surface area contributed by atoms with Crippen LogP contribution in [-0.4, -0.2) is 21.2 Å². The number of hydrogen-bond donors (Lipinski definition) is 1. The molecule has 3 heterocycles. The van der Waals surface area contributed by atoms with Crippen LogP contribution in [0.5, 0.6) is 0 Å². The van der Waals surface area contributed by atoms with Gasteiger partial charge in [-0.25, -0.2) is 15.0 Å². The predicted octanol–water partition coefficient (Wildman–Crippen LogP) is 10.0. The topological polar surface area (TPSA) is 67.7 Å². The maximum absolute atomic E-state index is 6.35. The number of amidine groups is 2. The highest BCUT2D eigenvalue weighted by molar-refractivity contribution is 6.15. The molecule has 0 bridgehead atoms. The van der Waals surface area contributed by atoms with E-state index in [1.807, 2.05) is 48.5 Å². The van der Waals surface area contributed by atoms with E-state index in [0.29, 0.717) is 5.89 Å². The summed E-state index contributed by atoms with van der Waals surface area (Å²) in [6.07, 6.45) is 3.93. The number of hydrogen-bond acceptors (Lipinski definition) is 5. The largest absolute Gasteiger partial charge is 0.436 e. The number of rotatable bonds is 5. The highest BCUT2D eigenvalue weighted by Gasteiger charge is 2.24. The van der Waals surface area contributed by atoms with Crippen LogP contribution in [0.25, 0.3) is 56.1 Å². The second-order valence-corrected chi connectivity index (χ2v) is 12.8. The molecule has 50 heavy (non-hydrogen) atoms. The third-order valence-electron chi connectivity index (χ3n) is 9.79. The van der Waals surface area contributed by atoms with Crippen molar-refractivity contribution in [2.75, 3.05) is 0 Å². The van der Waals surface area contributed by atoms with E-state index in [1.165, 1.54) is 33.1 Å². The summed E-state index contributed by atoms with van der Waals surface area (Å²) in [6, 6.07) is 50.3. The first-order valence-electron chi connectivity index (χ1n) is 17.0. The summed E-state index contributed by atoms with van der Waals surface area (Å²) in [7, 11) is 0. The van der Waals surface area contributed by atoms with Crippen LogP contribution < -0.4 is 5.32 Å². The lowest BCUT2D eigenvalue weighted by molar-refractivity contribution is 0.620. The predicted molar refractivity (Wildman–Crippen MR) is 203 cm³/mol. The molecule has 0 radical (unpaired) electrons. The van der Waals surface area contributed by atoms with E-state index in [4.69, 9.17) is 19.4 Å². The number of allylic oxidation sites excluding steroid dienone is 1. The van der Waals surface area contributed by atoms with Crippen LogP contribution in [0, 0.1) is 0 Å². The molecule has 2 aliphatic rings. The number of fused-ring (bicyclic) bond motifs is 5. The summed E-state index contributed by atoms with van der Waals surface area (Å²) in [5, 5.41) is 5.96. The average molecular weight is 646 g/mol. The fourth-order valence-corrected chi connectivity index (χ4v) is 7.39. The Morgan fingerprint density at radius 1 is 0.680 bits per heavy atom. The molecule has 2 aromatic heterocycles. The molecular formula is C44H31N5O. The zero-order chi connectivity index (χ0) is 33.0. The Kier molecular flexibility index (Phi) is 6.59. The van der Waals surface area contributed by atoms with Crippen molar-refractivity contribution in [1.82, 2.24) is 14.9 Å². The van der Waals surface area contributed by atoms with Crippen molar-refractivity contribution in [2.24, 2.45) is 9.98 Å². The van der Waals surface area contributed by atoms with Crippen LogP contribution in [0.2, 0.25) is 0 Å². The summed E-state index contributed by atoms with van der Waals surface area (Å²) in [5.41, 5.74) is 11.7. The number of aromatic nitrogens is 2. The van der Waals surface area contributed by atoms with Crippen LogP contribution in [0.1, 0.15) is 40.4 Å². The van der Waals surface area contributed by atoms with Crippen LogP contribution >= 0.6 is 0 Å². The molecule has 6 aromatic carbocycles. The molecule has 10 rings (SSSR count). The van der Waals surface area contributed by atoms with Gasteiger partial charge in [-0.1, -0.05) is 115 Å². The molecule has 1 aliphatic heterocycles. The van der Waals surface area contributed by atoms with E-state index in [1.54, 1.807) is 0 Å². The summed E-state index contributed by atoms with van der Waals surface area (Å²) >= 11 is 0.